The van der Waals surface area contributed by atoms with E-state index in [1.54, 1.807) is 0 Å². The van der Waals surface area contributed by atoms with Gasteiger partial charge in [-0.2, -0.15) is 0 Å². The Morgan fingerprint density at radius 2 is 0.833 bits per heavy atom. The average molecular weight is 688 g/mol. The van der Waals surface area contributed by atoms with Crippen LogP contribution in [0.15, 0.2) is 200 Å². The lowest BCUT2D eigenvalue weighted by Crippen LogP contribution is -1.99. The smallest absolute Gasteiger partial charge is 0.138 e. The molecule has 3 heterocycles. The normalized spacial score (nSPS) is 11.7. The highest BCUT2D eigenvalue weighted by Gasteiger charge is 2.18. The van der Waals surface area contributed by atoms with Crippen molar-refractivity contribution in [1.29, 1.82) is 0 Å². The zero-order chi connectivity index (χ0) is 35.6. The third-order valence-electron chi connectivity index (χ3n) is 10.9. The van der Waals surface area contributed by atoms with Gasteiger partial charge in [-0.05, 0) is 94.0 Å². The molecule has 0 radical (unpaired) electrons. The Bertz CT molecular complexity index is 3210. The van der Waals surface area contributed by atoms with Gasteiger partial charge in [0.05, 0.1) is 27.6 Å². The molecule has 3 heteroatoms. The zero-order valence-corrected chi connectivity index (χ0v) is 29.4. The summed E-state index contributed by atoms with van der Waals surface area (Å²) in [5, 5.41) is 6.08. The maximum Gasteiger partial charge on any atom is 0.138 e. The van der Waals surface area contributed by atoms with Gasteiger partial charge in [-0.1, -0.05) is 140 Å². The maximum absolute atomic E-state index is 5.29. The lowest BCUT2D eigenvalue weighted by molar-refractivity contribution is 1.10. The number of fused-ring (bicyclic) bond motifs is 7. The van der Waals surface area contributed by atoms with Gasteiger partial charge in [0.1, 0.15) is 5.82 Å². The largest absolute Gasteiger partial charge is 0.309 e. The number of pyridine rings is 1. The minimum atomic E-state index is 0.910. The van der Waals surface area contributed by atoms with Crippen LogP contribution in [-0.4, -0.2) is 14.1 Å². The molecule has 0 bridgehead atoms. The molecule has 11 rings (SSSR count). The zero-order valence-electron chi connectivity index (χ0n) is 29.4. The van der Waals surface area contributed by atoms with Crippen LogP contribution in [0.25, 0.3) is 99.4 Å². The summed E-state index contributed by atoms with van der Waals surface area (Å²) in [5.74, 6) is 0.910. The van der Waals surface area contributed by atoms with Crippen LogP contribution in [0.4, 0.5) is 0 Å². The molecule has 0 amide bonds. The SMILES string of the molecule is c1ccc(-c2cc(-n3c4ccccc4c4ccc(-c5cccc(-c6ccc7c(c6)c6ccccc6n7-c6ccccc6)c5)cc43)nc3ccccc23)cc1. The predicted octanol–water partition coefficient (Wildman–Crippen LogP) is 13.4. The Hall–Kier alpha value is -7.23. The summed E-state index contributed by atoms with van der Waals surface area (Å²) in [6.07, 6.45) is 0. The highest BCUT2D eigenvalue weighted by atomic mass is 15.1. The van der Waals surface area contributed by atoms with Crippen LogP contribution in [0.5, 0.6) is 0 Å². The van der Waals surface area contributed by atoms with E-state index in [4.69, 9.17) is 4.98 Å². The van der Waals surface area contributed by atoms with Crippen LogP contribution >= 0.6 is 0 Å². The molecule has 11 aromatic rings. The second kappa shape index (κ2) is 12.2. The van der Waals surface area contributed by atoms with E-state index in [2.05, 4.69) is 209 Å². The molecule has 0 N–H and O–H groups in total. The summed E-state index contributed by atoms with van der Waals surface area (Å²) in [4.78, 5) is 5.29. The van der Waals surface area contributed by atoms with Gasteiger partial charge in [-0.3, -0.25) is 4.57 Å². The molecule has 0 spiro atoms. The molecule has 0 aliphatic carbocycles. The number of hydrogen-bond donors (Lipinski definition) is 0. The highest BCUT2D eigenvalue weighted by molar-refractivity contribution is 6.12. The first-order valence-electron chi connectivity index (χ1n) is 18.5. The first-order valence-corrected chi connectivity index (χ1v) is 18.5. The van der Waals surface area contributed by atoms with Gasteiger partial charge in [0, 0.05) is 32.6 Å². The van der Waals surface area contributed by atoms with Crippen LogP contribution in [0.1, 0.15) is 0 Å². The quantitative estimate of drug-likeness (QED) is 0.177. The van der Waals surface area contributed by atoms with E-state index in [1.807, 2.05) is 0 Å². The number of hydrogen-bond acceptors (Lipinski definition) is 1. The van der Waals surface area contributed by atoms with Gasteiger partial charge in [0.2, 0.25) is 0 Å². The van der Waals surface area contributed by atoms with Crippen LogP contribution in [-0.2, 0) is 0 Å². The van der Waals surface area contributed by atoms with E-state index in [1.165, 1.54) is 71.6 Å². The lowest BCUT2D eigenvalue weighted by atomic mass is 9.97. The van der Waals surface area contributed by atoms with Gasteiger partial charge in [0.15, 0.2) is 0 Å². The molecule has 0 saturated carbocycles. The van der Waals surface area contributed by atoms with E-state index in [0.717, 1.165) is 27.8 Å². The minimum Gasteiger partial charge on any atom is -0.309 e. The van der Waals surface area contributed by atoms with E-state index in [0.29, 0.717) is 0 Å². The van der Waals surface area contributed by atoms with Gasteiger partial charge in [-0.15, -0.1) is 0 Å². The Balaban J connectivity index is 1.07. The molecular weight excluding hydrogens is 655 g/mol. The predicted molar refractivity (Wildman–Crippen MR) is 227 cm³/mol. The number of rotatable bonds is 5. The van der Waals surface area contributed by atoms with Gasteiger partial charge in [0.25, 0.3) is 0 Å². The van der Waals surface area contributed by atoms with E-state index in [9.17, 15) is 0 Å². The summed E-state index contributed by atoms with van der Waals surface area (Å²) in [5.41, 5.74) is 13.9. The van der Waals surface area contributed by atoms with Crippen LogP contribution < -0.4 is 0 Å². The van der Waals surface area contributed by atoms with Crippen LogP contribution in [0.3, 0.4) is 0 Å². The molecule has 54 heavy (non-hydrogen) atoms. The van der Waals surface area contributed by atoms with Crippen molar-refractivity contribution >= 4 is 54.5 Å². The molecule has 0 unspecified atom stereocenters. The van der Waals surface area contributed by atoms with Crippen molar-refractivity contribution < 1.29 is 0 Å². The van der Waals surface area contributed by atoms with Crippen LogP contribution in [0, 0.1) is 0 Å². The van der Waals surface area contributed by atoms with Crippen LogP contribution in [0.2, 0.25) is 0 Å². The Morgan fingerprint density at radius 1 is 0.296 bits per heavy atom. The Morgan fingerprint density at radius 3 is 1.61 bits per heavy atom. The Labute approximate surface area is 312 Å². The summed E-state index contributed by atoms with van der Waals surface area (Å²) < 4.78 is 4.71. The number of aromatic nitrogens is 3. The topological polar surface area (TPSA) is 22.8 Å². The standard InChI is InChI=1S/C51H33N3/c1-3-14-34(15-4-1)44-33-51(52-46-23-10-7-20-40(44)46)54-48-25-12-8-21-41(48)43-28-26-38(32-50(43)54)36-17-13-16-35(30-36)37-27-29-49-45(31-37)42-22-9-11-24-47(42)53(49)39-18-5-2-6-19-39/h1-33H. The molecule has 0 aliphatic heterocycles. The number of para-hydroxylation sites is 4. The molecule has 0 fully saturated rings. The average Bonchev–Trinajstić information content (AvgIpc) is 3.76. The van der Waals surface area contributed by atoms with Crippen molar-refractivity contribution in [1.82, 2.24) is 14.1 Å². The summed E-state index contributed by atoms with van der Waals surface area (Å²) in [6, 6.07) is 72.1. The fourth-order valence-electron chi connectivity index (χ4n) is 8.42. The molecule has 3 nitrogen and oxygen atoms in total. The first-order chi connectivity index (χ1) is 26.8. The van der Waals surface area contributed by atoms with Crippen molar-refractivity contribution in [2.75, 3.05) is 0 Å². The third kappa shape index (κ3) is 4.79. The van der Waals surface area contributed by atoms with Gasteiger partial charge < -0.3 is 4.57 Å². The molecule has 8 aromatic carbocycles. The molecule has 0 atom stereocenters. The second-order valence-electron chi connectivity index (χ2n) is 14.0. The van der Waals surface area contributed by atoms with E-state index < -0.39 is 0 Å². The summed E-state index contributed by atoms with van der Waals surface area (Å²) >= 11 is 0. The van der Waals surface area contributed by atoms with Gasteiger partial charge >= 0.3 is 0 Å². The Kier molecular flexibility index (Phi) is 6.86. The highest BCUT2D eigenvalue weighted by Crippen LogP contribution is 2.39. The number of benzene rings is 8. The molecule has 252 valence electrons. The summed E-state index contributed by atoms with van der Waals surface area (Å²) in [6.45, 7) is 0. The molecule has 0 aliphatic rings. The van der Waals surface area contributed by atoms with Crippen molar-refractivity contribution in [3.05, 3.63) is 200 Å². The van der Waals surface area contributed by atoms with Crippen molar-refractivity contribution in [2.45, 2.75) is 0 Å². The fraction of sp³-hybridized carbons (Fsp3) is 0. The first kappa shape index (κ1) is 30.4. The lowest BCUT2D eigenvalue weighted by Gasteiger charge is -2.13. The van der Waals surface area contributed by atoms with E-state index >= 15 is 0 Å². The maximum atomic E-state index is 5.29. The minimum absolute atomic E-state index is 0.910. The molecule has 3 aromatic heterocycles. The van der Waals surface area contributed by atoms with Gasteiger partial charge in [-0.25, -0.2) is 4.98 Å². The number of nitrogens with zero attached hydrogens (tertiary/aromatic N) is 3. The summed E-state index contributed by atoms with van der Waals surface area (Å²) in [7, 11) is 0. The monoisotopic (exact) mass is 687 g/mol. The second-order valence-corrected chi connectivity index (χ2v) is 14.0. The van der Waals surface area contributed by atoms with Crippen molar-refractivity contribution in [3.63, 3.8) is 0 Å². The van der Waals surface area contributed by atoms with Crippen molar-refractivity contribution in [2.24, 2.45) is 0 Å². The molecular formula is C51H33N3. The van der Waals surface area contributed by atoms with Crippen molar-refractivity contribution in [3.8, 4) is 44.9 Å². The molecule has 0 saturated heterocycles. The van der Waals surface area contributed by atoms with E-state index in [-0.39, 0.29) is 0 Å². The third-order valence-corrected chi connectivity index (χ3v) is 10.9. The fourth-order valence-corrected chi connectivity index (χ4v) is 8.42.